The molecule has 2 rings (SSSR count). The van der Waals surface area contributed by atoms with Crippen LogP contribution in [-0.2, 0) is 5.75 Å². The van der Waals surface area contributed by atoms with E-state index >= 15 is 0 Å². The number of nitrogens with zero attached hydrogens (tertiary/aromatic N) is 2. The summed E-state index contributed by atoms with van der Waals surface area (Å²) in [5.41, 5.74) is 2.73. The second-order valence-electron chi connectivity index (χ2n) is 4.59. The van der Waals surface area contributed by atoms with E-state index in [1.165, 1.54) is 11.1 Å². The number of rotatable bonds is 5. The van der Waals surface area contributed by atoms with E-state index in [1.54, 1.807) is 0 Å². The van der Waals surface area contributed by atoms with Crippen LogP contribution in [-0.4, -0.2) is 43.3 Å². The third-order valence-electron chi connectivity index (χ3n) is 2.98. The van der Waals surface area contributed by atoms with E-state index in [0.717, 1.165) is 37.1 Å². The zero-order valence-electron chi connectivity index (χ0n) is 11.1. The fourth-order valence-corrected chi connectivity index (χ4v) is 2.65. The molecule has 1 heterocycles. The van der Waals surface area contributed by atoms with Gasteiger partial charge in [-0.25, -0.2) is 0 Å². The van der Waals surface area contributed by atoms with Crippen LogP contribution in [0, 0.1) is 6.92 Å². The Labute approximate surface area is 114 Å². The summed E-state index contributed by atoms with van der Waals surface area (Å²) in [4.78, 5) is 6.58. The molecule has 18 heavy (non-hydrogen) atoms. The standard InChI is InChI=1S/C14H21N3S/c1-12-3-5-13(6-4-12)11-18-10-8-16-14-15-7-9-17(14)2/h3-6H,7-11H2,1-2H3,(H,15,16). The van der Waals surface area contributed by atoms with Crippen LogP contribution in [0.15, 0.2) is 29.3 Å². The quantitative estimate of drug-likeness (QED) is 0.825. The number of likely N-dealkylation sites (N-methyl/N-ethyl adjacent to an activating group) is 1. The molecule has 0 fully saturated rings. The largest absolute Gasteiger partial charge is 0.355 e. The van der Waals surface area contributed by atoms with Gasteiger partial charge in [0.1, 0.15) is 0 Å². The molecule has 0 aliphatic carbocycles. The minimum atomic E-state index is 0.926. The molecule has 0 unspecified atom stereocenters. The molecule has 0 saturated heterocycles. The first-order valence-corrected chi connectivity index (χ1v) is 7.54. The molecule has 0 saturated carbocycles. The monoisotopic (exact) mass is 263 g/mol. The third-order valence-corrected chi connectivity index (χ3v) is 4.01. The highest BCUT2D eigenvalue weighted by atomic mass is 32.2. The van der Waals surface area contributed by atoms with Crippen LogP contribution in [0.4, 0.5) is 0 Å². The Balaban J connectivity index is 1.60. The van der Waals surface area contributed by atoms with Crippen LogP contribution in [0.2, 0.25) is 0 Å². The summed E-state index contributed by atoms with van der Waals surface area (Å²) in [6, 6.07) is 8.78. The van der Waals surface area contributed by atoms with Gasteiger partial charge >= 0.3 is 0 Å². The van der Waals surface area contributed by atoms with Gasteiger partial charge in [0.2, 0.25) is 0 Å². The molecule has 1 N–H and O–H groups in total. The predicted octanol–water partition coefficient (Wildman–Crippen LogP) is 2.12. The normalized spacial score (nSPS) is 14.8. The highest BCUT2D eigenvalue weighted by Crippen LogP contribution is 2.12. The number of aryl methyl sites for hydroxylation is 1. The molecule has 3 nitrogen and oxygen atoms in total. The Morgan fingerprint density at radius 1 is 1.33 bits per heavy atom. The summed E-state index contributed by atoms with van der Waals surface area (Å²) in [5.74, 6) is 3.25. The molecule has 0 bridgehead atoms. The predicted molar refractivity (Wildman–Crippen MR) is 80.3 cm³/mol. The van der Waals surface area contributed by atoms with Gasteiger partial charge in [0.25, 0.3) is 0 Å². The molecular weight excluding hydrogens is 242 g/mol. The van der Waals surface area contributed by atoms with Crippen LogP contribution in [0.5, 0.6) is 0 Å². The van der Waals surface area contributed by atoms with Gasteiger partial charge in [-0.15, -0.1) is 0 Å². The fourth-order valence-electron chi connectivity index (χ4n) is 1.83. The maximum Gasteiger partial charge on any atom is 0.193 e. The Hall–Kier alpha value is -1.16. The number of aliphatic imine (C=N–C) groups is 1. The van der Waals surface area contributed by atoms with Crippen molar-refractivity contribution in [1.29, 1.82) is 0 Å². The van der Waals surface area contributed by atoms with Gasteiger partial charge in [0.15, 0.2) is 5.96 Å². The number of hydrogen-bond donors (Lipinski definition) is 1. The summed E-state index contributed by atoms with van der Waals surface area (Å²) in [6.07, 6.45) is 0. The summed E-state index contributed by atoms with van der Waals surface area (Å²) < 4.78 is 0. The molecule has 0 atom stereocenters. The van der Waals surface area contributed by atoms with E-state index in [9.17, 15) is 0 Å². The molecule has 1 aromatic rings. The number of benzene rings is 1. The number of hydrogen-bond acceptors (Lipinski definition) is 4. The van der Waals surface area contributed by atoms with E-state index < -0.39 is 0 Å². The summed E-state index contributed by atoms with van der Waals surface area (Å²) in [5, 5.41) is 3.38. The van der Waals surface area contributed by atoms with Crippen molar-refractivity contribution in [3.8, 4) is 0 Å². The lowest BCUT2D eigenvalue weighted by molar-refractivity contribution is 0.537. The van der Waals surface area contributed by atoms with E-state index in [0.29, 0.717) is 0 Å². The Morgan fingerprint density at radius 2 is 2.11 bits per heavy atom. The molecular formula is C14H21N3S. The Bertz CT molecular complexity index is 400. The molecule has 4 heteroatoms. The van der Waals surface area contributed by atoms with E-state index in [1.807, 2.05) is 11.8 Å². The van der Waals surface area contributed by atoms with Gasteiger partial charge in [-0.1, -0.05) is 29.8 Å². The summed E-state index contributed by atoms with van der Waals surface area (Å²) >= 11 is 1.96. The van der Waals surface area contributed by atoms with Crippen LogP contribution in [0.25, 0.3) is 0 Å². The molecule has 98 valence electrons. The van der Waals surface area contributed by atoms with Crippen LogP contribution in [0.3, 0.4) is 0 Å². The van der Waals surface area contributed by atoms with Gasteiger partial charge in [0, 0.05) is 31.6 Å². The smallest absolute Gasteiger partial charge is 0.193 e. The van der Waals surface area contributed by atoms with Crippen molar-refractivity contribution in [3.05, 3.63) is 35.4 Å². The Kier molecular flexibility index (Phi) is 4.93. The molecule has 1 aliphatic rings. The van der Waals surface area contributed by atoms with E-state index in [-0.39, 0.29) is 0 Å². The van der Waals surface area contributed by atoms with E-state index in [2.05, 4.69) is 53.4 Å². The Morgan fingerprint density at radius 3 is 2.78 bits per heavy atom. The average Bonchev–Trinajstić information content (AvgIpc) is 2.77. The first-order chi connectivity index (χ1) is 8.75. The van der Waals surface area contributed by atoms with Gasteiger partial charge in [0.05, 0.1) is 6.54 Å². The lowest BCUT2D eigenvalue weighted by Crippen LogP contribution is -2.36. The highest BCUT2D eigenvalue weighted by Gasteiger charge is 2.10. The lowest BCUT2D eigenvalue weighted by atomic mass is 10.2. The zero-order chi connectivity index (χ0) is 12.8. The van der Waals surface area contributed by atoms with Crippen molar-refractivity contribution in [3.63, 3.8) is 0 Å². The summed E-state index contributed by atoms with van der Waals surface area (Å²) in [6.45, 7) is 5.08. The number of guanidine groups is 1. The molecule has 0 radical (unpaired) electrons. The van der Waals surface area contributed by atoms with Crippen molar-refractivity contribution >= 4 is 17.7 Å². The average molecular weight is 263 g/mol. The van der Waals surface area contributed by atoms with Gasteiger partial charge in [-0.05, 0) is 12.5 Å². The molecule has 0 aromatic heterocycles. The van der Waals surface area contributed by atoms with Crippen molar-refractivity contribution in [1.82, 2.24) is 10.2 Å². The minimum absolute atomic E-state index is 0.926. The number of nitrogens with one attached hydrogen (secondary N) is 1. The number of thioether (sulfide) groups is 1. The van der Waals surface area contributed by atoms with Crippen molar-refractivity contribution in [2.45, 2.75) is 12.7 Å². The third kappa shape index (κ3) is 3.95. The first-order valence-electron chi connectivity index (χ1n) is 6.38. The minimum Gasteiger partial charge on any atom is -0.355 e. The highest BCUT2D eigenvalue weighted by molar-refractivity contribution is 7.98. The van der Waals surface area contributed by atoms with E-state index in [4.69, 9.17) is 0 Å². The topological polar surface area (TPSA) is 27.6 Å². The first kappa shape index (κ1) is 13.3. The molecule has 1 aromatic carbocycles. The van der Waals surface area contributed by atoms with Crippen molar-refractivity contribution in [2.24, 2.45) is 4.99 Å². The van der Waals surface area contributed by atoms with Gasteiger partial charge < -0.3 is 10.2 Å². The molecule has 0 spiro atoms. The van der Waals surface area contributed by atoms with Crippen molar-refractivity contribution in [2.75, 3.05) is 32.4 Å². The lowest BCUT2D eigenvalue weighted by Gasteiger charge is -2.14. The van der Waals surface area contributed by atoms with Gasteiger partial charge in [-0.3, -0.25) is 4.99 Å². The maximum absolute atomic E-state index is 4.40. The van der Waals surface area contributed by atoms with Crippen LogP contribution < -0.4 is 5.32 Å². The van der Waals surface area contributed by atoms with Crippen LogP contribution >= 0.6 is 11.8 Å². The SMILES string of the molecule is Cc1ccc(CSCCNC2=NCCN2C)cc1. The molecule has 1 aliphatic heterocycles. The van der Waals surface area contributed by atoms with Crippen molar-refractivity contribution < 1.29 is 0 Å². The summed E-state index contributed by atoms with van der Waals surface area (Å²) in [7, 11) is 2.08. The second kappa shape index (κ2) is 6.69. The maximum atomic E-state index is 4.40. The second-order valence-corrected chi connectivity index (χ2v) is 5.70. The van der Waals surface area contributed by atoms with Crippen LogP contribution in [0.1, 0.15) is 11.1 Å². The zero-order valence-corrected chi connectivity index (χ0v) is 12.0. The van der Waals surface area contributed by atoms with Gasteiger partial charge in [-0.2, -0.15) is 11.8 Å². The fraction of sp³-hybridized carbons (Fsp3) is 0.500. The molecule has 0 amide bonds.